The van der Waals surface area contributed by atoms with Gasteiger partial charge in [0.05, 0.1) is 11.9 Å². The molecule has 1 atom stereocenters. The summed E-state index contributed by atoms with van der Waals surface area (Å²) in [6.45, 7) is 0. The summed E-state index contributed by atoms with van der Waals surface area (Å²) >= 11 is 9.95. The van der Waals surface area contributed by atoms with E-state index < -0.39 is 0 Å². The standard InChI is InChI=1S/C18H18BrClO/c1-21-17-9-8-15(20)11-16(17)18(19)14-7-6-12-4-2-3-5-13(12)10-14/h6-11,18H,2-5H2,1H3. The van der Waals surface area contributed by atoms with Gasteiger partial charge in [0.2, 0.25) is 0 Å². The highest BCUT2D eigenvalue weighted by molar-refractivity contribution is 9.09. The summed E-state index contributed by atoms with van der Waals surface area (Å²) in [5, 5.41) is 0.730. The van der Waals surface area contributed by atoms with Crippen LogP contribution in [0, 0.1) is 0 Å². The molecular weight excluding hydrogens is 348 g/mol. The van der Waals surface area contributed by atoms with E-state index in [0.29, 0.717) is 0 Å². The van der Waals surface area contributed by atoms with Crippen LogP contribution in [0.4, 0.5) is 0 Å². The number of ether oxygens (including phenoxy) is 1. The van der Waals surface area contributed by atoms with E-state index in [4.69, 9.17) is 16.3 Å². The smallest absolute Gasteiger partial charge is 0.123 e. The Morgan fingerprint density at radius 1 is 1.05 bits per heavy atom. The summed E-state index contributed by atoms with van der Waals surface area (Å²) in [5.74, 6) is 0.860. The highest BCUT2D eigenvalue weighted by Gasteiger charge is 2.18. The van der Waals surface area contributed by atoms with Crippen molar-refractivity contribution in [2.45, 2.75) is 30.5 Å². The maximum Gasteiger partial charge on any atom is 0.123 e. The molecule has 0 saturated heterocycles. The zero-order chi connectivity index (χ0) is 14.8. The third-order valence-electron chi connectivity index (χ3n) is 4.13. The molecule has 0 heterocycles. The Morgan fingerprint density at radius 2 is 1.81 bits per heavy atom. The molecule has 1 unspecified atom stereocenters. The van der Waals surface area contributed by atoms with Gasteiger partial charge in [-0.3, -0.25) is 0 Å². The Balaban J connectivity index is 1.98. The summed E-state index contributed by atoms with van der Waals surface area (Å²) in [6, 6.07) is 12.6. The summed E-state index contributed by atoms with van der Waals surface area (Å²) in [5.41, 5.74) is 5.32. The van der Waals surface area contributed by atoms with E-state index in [9.17, 15) is 0 Å². The molecule has 0 spiro atoms. The Morgan fingerprint density at radius 3 is 2.57 bits per heavy atom. The van der Waals surface area contributed by atoms with Crippen molar-refractivity contribution in [2.75, 3.05) is 7.11 Å². The zero-order valence-electron chi connectivity index (χ0n) is 12.0. The summed E-state index contributed by atoms with van der Waals surface area (Å²) in [7, 11) is 1.69. The molecule has 0 bridgehead atoms. The minimum atomic E-state index is 0.0957. The second kappa shape index (κ2) is 6.41. The molecule has 0 N–H and O–H groups in total. The molecule has 2 aromatic rings. The number of benzene rings is 2. The Kier molecular flexibility index (Phi) is 4.56. The first-order valence-corrected chi connectivity index (χ1v) is 8.57. The molecular formula is C18H18BrClO. The molecule has 0 radical (unpaired) electrons. The van der Waals surface area contributed by atoms with Crippen LogP contribution in [0.1, 0.15) is 39.9 Å². The predicted octanol–water partition coefficient (Wildman–Crippen LogP) is 5.71. The second-order valence-electron chi connectivity index (χ2n) is 5.48. The highest BCUT2D eigenvalue weighted by atomic mass is 79.9. The van der Waals surface area contributed by atoms with Crippen molar-refractivity contribution < 1.29 is 4.74 Å². The molecule has 3 heteroatoms. The van der Waals surface area contributed by atoms with Gasteiger partial charge in [-0.05, 0) is 60.6 Å². The predicted molar refractivity (Wildman–Crippen MR) is 91.9 cm³/mol. The van der Waals surface area contributed by atoms with Gasteiger partial charge < -0.3 is 4.74 Å². The quantitative estimate of drug-likeness (QED) is 0.633. The van der Waals surface area contributed by atoms with Crippen LogP contribution in [0.3, 0.4) is 0 Å². The number of aryl methyl sites for hydroxylation is 2. The molecule has 3 rings (SSSR count). The van der Waals surface area contributed by atoms with Crippen molar-refractivity contribution in [1.29, 1.82) is 0 Å². The first-order valence-electron chi connectivity index (χ1n) is 7.28. The van der Waals surface area contributed by atoms with E-state index in [-0.39, 0.29) is 4.83 Å². The number of hydrogen-bond donors (Lipinski definition) is 0. The Bertz CT molecular complexity index is 654. The molecule has 1 nitrogen and oxygen atoms in total. The van der Waals surface area contributed by atoms with Crippen molar-refractivity contribution in [3.63, 3.8) is 0 Å². The number of rotatable bonds is 3. The van der Waals surface area contributed by atoms with E-state index in [0.717, 1.165) is 16.3 Å². The van der Waals surface area contributed by atoms with Gasteiger partial charge in [-0.15, -0.1) is 0 Å². The van der Waals surface area contributed by atoms with E-state index >= 15 is 0 Å². The lowest BCUT2D eigenvalue weighted by molar-refractivity contribution is 0.410. The molecule has 0 aliphatic heterocycles. The number of fused-ring (bicyclic) bond motifs is 1. The van der Waals surface area contributed by atoms with Gasteiger partial charge in [-0.25, -0.2) is 0 Å². The summed E-state index contributed by atoms with van der Waals surface area (Å²) in [4.78, 5) is 0.0957. The maximum atomic E-state index is 6.14. The highest BCUT2D eigenvalue weighted by Crippen LogP contribution is 2.39. The molecule has 0 fully saturated rings. The lowest BCUT2D eigenvalue weighted by atomic mass is 9.89. The summed E-state index contributed by atoms with van der Waals surface area (Å²) < 4.78 is 5.47. The van der Waals surface area contributed by atoms with Crippen LogP contribution in [0.15, 0.2) is 36.4 Å². The topological polar surface area (TPSA) is 9.23 Å². The van der Waals surface area contributed by atoms with Crippen LogP contribution < -0.4 is 4.74 Å². The van der Waals surface area contributed by atoms with Crippen molar-refractivity contribution >= 4 is 27.5 Å². The van der Waals surface area contributed by atoms with E-state index in [2.05, 4.69) is 34.1 Å². The normalized spacial score (nSPS) is 15.4. The lowest BCUT2D eigenvalue weighted by Gasteiger charge is -2.20. The van der Waals surface area contributed by atoms with Crippen LogP contribution in [0.5, 0.6) is 5.75 Å². The molecule has 0 aromatic heterocycles. The molecule has 0 saturated carbocycles. The van der Waals surface area contributed by atoms with Gasteiger partial charge in [0.1, 0.15) is 5.75 Å². The van der Waals surface area contributed by atoms with Crippen molar-refractivity contribution in [2.24, 2.45) is 0 Å². The van der Waals surface area contributed by atoms with Gasteiger partial charge in [0.15, 0.2) is 0 Å². The number of halogens is 2. The van der Waals surface area contributed by atoms with Crippen LogP contribution in [0.25, 0.3) is 0 Å². The monoisotopic (exact) mass is 364 g/mol. The number of hydrogen-bond acceptors (Lipinski definition) is 1. The molecule has 1 aliphatic rings. The van der Waals surface area contributed by atoms with Crippen LogP contribution in [-0.4, -0.2) is 7.11 Å². The van der Waals surface area contributed by atoms with Crippen molar-refractivity contribution in [1.82, 2.24) is 0 Å². The summed E-state index contributed by atoms with van der Waals surface area (Å²) in [6.07, 6.45) is 5.01. The SMILES string of the molecule is COc1ccc(Cl)cc1C(Br)c1ccc2c(c1)CCCC2. The van der Waals surface area contributed by atoms with Gasteiger partial charge in [0.25, 0.3) is 0 Å². The fourth-order valence-electron chi connectivity index (χ4n) is 2.99. The minimum absolute atomic E-state index is 0.0957. The fraction of sp³-hybridized carbons (Fsp3) is 0.333. The zero-order valence-corrected chi connectivity index (χ0v) is 14.4. The molecule has 2 aromatic carbocycles. The lowest BCUT2D eigenvalue weighted by Crippen LogP contribution is -2.04. The molecule has 110 valence electrons. The van der Waals surface area contributed by atoms with Crippen molar-refractivity contribution in [3.8, 4) is 5.75 Å². The van der Waals surface area contributed by atoms with Crippen molar-refractivity contribution in [3.05, 3.63) is 63.7 Å². The second-order valence-corrected chi connectivity index (χ2v) is 6.84. The molecule has 21 heavy (non-hydrogen) atoms. The Labute approximate surface area is 139 Å². The minimum Gasteiger partial charge on any atom is -0.496 e. The molecule has 1 aliphatic carbocycles. The molecule has 0 amide bonds. The van der Waals surface area contributed by atoms with E-state index in [1.54, 1.807) is 7.11 Å². The fourth-order valence-corrected chi connectivity index (χ4v) is 3.82. The first kappa shape index (κ1) is 14.9. The van der Waals surface area contributed by atoms with Crippen LogP contribution in [0.2, 0.25) is 5.02 Å². The third kappa shape index (κ3) is 3.12. The Hall–Kier alpha value is -0.990. The third-order valence-corrected chi connectivity index (χ3v) is 5.39. The number of methoxy groups -OCH3 is 1. The van der Waals surface area contributed by atoms with Crippen LogP contribution >= 0.6 is 27.5 Å². The van der Waals surface area contributed by atoms with Gasteiger partial charge in [-0.2, -0.15) is 0 Å². The van der Waals surface area contributed by atoms with Gasteiger partial charge >= 0.3 is 0 Å². The average Bonchev–Trinajstić information content (AvgIpc) is 2.53. The maximum absolute atomic E-state index is 6.14. The largest absolute Gasteiger partial charge is 0.496 e. The van der Waals surface area contributed by atoms with Crippen LogP contribution in [-0.2, 0) is 12.8 Å². The van der Waals surface area contributed by atoms with E-state index in [1.165, 1.54) is 42.4 Å². The van der Waals surface area contributed by atoms with E-state index in [1.807, 2.05) is 18.2 Å². The van der Waals surface area contributed by atoms with Gasteiger partial charge in [-0.1, -0.05) is 45.7 Å². The number of alkyl halides is 1. The average molecular weight is 366 g/mol. The van der Waals surface area contributed by atoms with Gasteiger partial charge in [0, 0.05) is 10.6 Å². The first-order chi connectivity index (χ1) is 10.2.